The number of fused-ring (bicyclic) bond motifs is 1. The number of nitrogens with one attached hydrogen (secondary N) is 1. The Hall–Kier alpha value is -3.80. The molecule has 1 atom stereocenters. The second-order valence-corrected chi connectivity index (χ2v) is 8.15. The van der Waals surface area contributed by atoms with Crippen LogP contribution in [0.4, 0.5) is 5.69 Å². The zero-order valence-corrected chi connectivity index (χ0v) is 18.9. The third kappa shape index (κ3) is 5.71. The highest BCUT2D eigenvalue weighted by atomic mass is 16.5. The number of hydrogen-bond acceptors (Lipinski definition) is 4. The standard InChI is InChI=1S/C27H28N2O4/c1-19-27(31)29(15-14-20-8-11-24(32-2)12-9-20)18-22-17-23(10-13-25(22)33-19)28-26(30)16-21-6-4-3-5-7-21/h3-13,17,19H,14-16,18H2,1-2H3,(H,28,30)/t19-/m1/s1. The normalized spacial score (nSPS) is 15.3. The number of amides is 2. The van der Waals surface area contributed by atoms with Crippen LogP contribution in [0.15, 0.2) is 72.8 Å². The fourth-order valence-electron chi connectivity index (χ4n) is 3.91. The number of nitrogens with zero attached hydrogens (tertiary/aromatic N) is 1. The lowest BCUT2D eigenvalue weighted by Crippen LogP contribution is -2.39. The predicted octanol–water partition coefficient (Wildman–Crippen LogP) is 4.23. The maximum absolute atomic E-state index is 12.9. The molecule has 0 aromatic heterocycles. The second kappa shape index (κ2) is 10.2. The highest BCUT2D eigenvalue weighted by Gasteiger charge is 2.27. The summed E-state index contributed by atoms with van der Waals surface area (Å²) >= 11 is 0. The summed E-state index contributed by atoms with van der Waals surface area (Å²) in [6.45, 7) is 2.77. The van der Waals surface area contributed by atoms with Gasteiger partial charge in [-0.1, -0.05) is 42.5 Å². The molecule has 6 heteroatoms. The van der Waals surface area contributed by atoms with Crippen LogP contribution in [0.5, 0.6) is 11.5 Å². The van der Waals surface area contributed by atoms with E-state index in [2.05, 4.69) is 5.32 Å². The Kier molecular flexibility index (Phi) is 6.93. The first-order valence-electron chi connectivity index (χ1n) is 11.1. The molecular formula is C27H28N2O4. The average molecular weight is 445 g/mol. The molecular weight excluding hydrogens is 416 g/mol. The highest BCUT2D eigenvalue weighted by molar-refractivity contribution is 5.92. The molecule has 0 fully saturated rings. The minimum absolute atomic E-state index is 0.0469. The van der Waals surface area contributed by atoms with Crippen LogP contribution in [0, 0.1) is 0 Å². The third-order valence-electron chi connectivity index (χ3n) is 5.71. The van der Waals surface area contributed by atoms with E-state index in [4.69, 9.17) is 9.47 Å². The summed E-state index contributed by atoms with van der Waals surface area (Å²) in [6, 6.07) is 23.0. The molecule has 1 aliphatic rings. The van der Waals surface area contributed by atoms with E-state index in [0.29, 0.717) is 30.9 Å². The smallest absolute Gasteiger partial charge is 0.263 e. The van der Waals surface area contributed by atoms with Gasteiger partial charge in [-0.25, -0.2) is 0 Å². The van der Waals surface area contributed by atoms with Crippen molar-refractivity contribution in [2.75, 3.05) is 19.0 Å². The number of hydrogen-bond donors (Lipinski definition) is 1. The average Bonchev–Trinajstić information content (AvgIpc) is 2.94. The van der Waals surface area contributed by atoms with Gasteiger partial charge < -0.3 is 19.7 Å². The van der Waals surface area contributed by atoms with Gasteiger partial charge in [0.15, 0.2) is 6.10 Å². The Morgan fingerprint density at radius 2 is 1.82 bits per heavy atom. The molecule has 6 nitrogen and oxygen atoms in total. The van der Waals surface area contributed by atoms with Crippen molar-refractivity contribution in [3.8, 4) is 11.5 Å². The van der Waals surface area contributed by atoms with Gasteiger partial charge in [0.25, 0.3) is 5.91 Å². The molecule has 1 heterocycles. The molecule has 0 saturated carbocycles. The molecule has 170 valence electrons. The van der Waals surface area contributed by atoms with Crippen molar-refractivity contribution >= 4 is 17.5 Å². The Labute approximate surface area is 194 Å². The fraction of sp³-hybridized carbons (Fsp3) is 0.259. The quantitative estimate of drug-likeness (QED) is 0.592. The van der Waals surface area contributed by atoms with Gasteiger partial charge in [-0.3, -0.25) is 9.59 Å². The van der Waals surface area contributed by atoms with Crippen molar-refractivity contribution in [2.45, 2.75) is 32.4 Å². The van der Waals surface area contributed by atoms with E-state index in [0.717, 1.165) is 28.9 Å². The van der Waals surface area contributed by atoms with E-state index in [-0.39, 0.29) is 11.8 Å². The summed E-state index contributed by atoms with van der Waals surface area (Å²) in [7, 11) is 1.64. The van der Waals surface area contributed by atoms with Crippen molar-refractivity contribution in [1.29, 1.82) is 0 Å². The Morgan fingerprint density at radius 1 is 1.06 bits per heavy atom. The van der Waals surface area contributed by atoms with Crippen molar-refractivity contribution in [3.05, 3.63) is 89.5 Å². The van der Waals surface area contributed by atoms with Gasteiger partial charge in [0.2, 0.25) is 5.91 Å². The van der Waals surface area contributed by atoms with E-state index in [1.807, 2.05) is 77.7 Å². The summed E-state index contributed by atoms with van der Waals surface area (Å²) in [5, 5.41) is 2.96. The second-order valence-electron chi connectivity index (χ2n) is 8.15. The van der Waals surface area contributed by atoms with E-state index >= 15 is 0 Å². The summed E-state index contributed by atoms with van der Waals surface area (Å²) in [4.78, 5) is 27.2. The van der Waals surface area contributed by atoms with Crippen molar-refractivity contribution in [1.82, 2.24) is 4.90 Å². The van der Waals surface area contributed by atoms with Gasteiger partial charge in [0, 0.05) is 24.3 Å². The lowest BCUT2D eigenvalue weighted by Gasteiger charge is -2.22. The molecule has 2 amide bonds. The van der Waals surface area contributed by atoms with Gasteiger partial charge in [-0.05, 0) is 54.8 Å². The van der Waals surface area contributed by atoms with Gasteiger partial charge >= 0.3 is 0 Å². The summed E-state index contributed by atoms with van der Waals surface area (Å²) in [5.74, 6) is 1.34. The molecule has 33 heavy (non-hydrogen) atoms. The number of rotatable bonds is 7. The highest BCUT2D eigenvalue weighted by Crippen LogP contribution is 2.29. The van der Waals surface area contributed by atoms with E-state index in [1.54, 1.807) is 14.0 Å². The van der Waals surface area contributed by atoms with Crippen molar-refractivity contribution in [3.63, 3.8) is 0 Å². The molecule has 0 saturated heterocycles. The number of carbonyl (C=O) groups is 2. The number of ether oxygens (including phenoxy) is 2. The summed E-state index contributed by atoms with van der Waals surface area (Å²) in [5.41, 5.74) is 3.65. The van der Waals surface area contributed by atoms with Crippen LogP contribution in [0.2, 0.25) is 0 Å². The van der Waals surface area contributed by atoms with Crippen LogP contribution in [0.1, 0.15) is 23.6 Å². The van der Waals surface area contributed by atoms with E-state index < -0.39 is 6.10 Å². The van der Waals surface area contributed by atoms with Crippen LogP contribution in [-0.2, 0) is 29.0 Å². The monoisotopic (exact) mass is 444 g/mol. The number of benzene rings is 3. The topological polar surface area (TPSA) is 67.9 Å². The lowest BCUT2D eigenvalue weighted by molar-refractivity contribution is -0.137. The van der Waals surface area contributed by atoms with Crippen LogP contribution >= 0.6 is 0 Å². The minimum Gasteiger partial charge on any atom is -0.497 e. The molecule has 3 aromatic rings. The van der Waals surface area contributed by atoms with Crippen molar-refractivity contribution < 1.29 is 19.1 Å². The molecule has 0 unspecified atom stereocenters. The first-order chi connectivity index (χ1) is 16.0. The first kappa shape index (κ1) is 22.4. The van der Waals surface area contributed by atoms with Gasteiger partial charge in [0.05, 0.1) is 13.5 Å². The van der Waals surface area contributed by atoms with Crippen LogP contribution in [0.3, 0.4) is 0 Å². The Morgan fingerprint density at radius 3 is 2.55 bits per heavy atom. The van der Waals surface area contributed by atoms with Crippen LogP contribution < -0.4 is 14.8 Å². The fourth-order valence-corrected chi connectivity index (χ4v) is 3.91. The number of methoxy groups -OCH3 is 1. The van der Waals surface area contributed by atoms with Crippen LogP contribution in [-0.4, -0.2) is 36.5 Å². The van der Waals surface area contributed by atoms with Crippen molar-refractivity contribution in [2.24, 2.45) is 0 Å². The Bertz CT molecular complexity index is 1110. The Balaban J connectivity index is 1.45. The largest absolute Gasteiger partial charge is 0.497 e. The first-order valence-corrected chi connectivity index (χ1v) is 11.1. The zero-order valence-electron chi connectivity index (χ0n) is 18.9. The molecule has 0 spiro atoms. The van der Waals surface area contributed by atoms with E-state index in [9.17, 15) is 9.59 Å². The summed E-state index contributed by atoms with van der Waals surface area (Å²) in [6.07, 6.45) is 0.462. The molecule has 0 bridgehead atoms. The molecule has 0 aliphatic carbocycles. The maximum Gasteiger partial charge on any atom is 0.263 e. The molecule has 1 N–H and O–H groups in total. The number of carbonyl (C=O) groups excluding carboxylic acids is 2. The zero-order chi connectivity index (χ0) is 23.2. The molecule has 0 radical (unpaired) electrons. The maximum atomic E-state index is 12.9. The molecule has 1 aliphatic heterocycles. The lowest BCUT2D eigenvalue weighted by atomic mass is 10.1. The van der Waals surface area contributed by atoms with Gasteiger partial charge in [0.1, 0.15) is 11.5 Å². The minimum atomic E-state index is -0.569. The third-order valence-corrected chi connectivity index (χ3v) is 5.71. The predicted molar refractivity (Wildman–Crippen MR) is 127 cm³/mol. The SMILES string of the molecule is COc1ccc(CCN2Cc3cc(NC(=O)Cc4ccccc4)ccc3O[C@H](C)C2=O)cc1. The molecule has 3 aromatic carbocycles. The number of anilines is 1. The summed E-state index contributed by atoms with van der Waals surface area (Å²) < 4.78 is 11.1. The molecule has 4 rings (SSSR count). The van der Waals surface area contributed by atoms with Gasteiger partial charge in [-0.15, -0.1) is 0 Å². The van der Waals surface area contributed by atoms with Gasteiger partial charge in [-0.2, -0.15) is 0 Å². The van der Waals surface area contributed by atoms with Crippen LogP contribution in [0.25, 0.3) is 0 Å². The van der Waals surface area contributed by atoms with E-state index in [1.165, 1.54) is 0 Å².